The molecular formula is C16H20O2. The molecule has 1 aliphatic carbocycles. The molecule has 0 N–H and O–H groups in total. The van der Waals surface area contributed by atoms with Crippen molar-refractivity contribution < 1.29 is 9.59 Å². The molecule has 2 nitrogen and oxygen atoms in total. The van der Waals surface area contributed by atoms with Crippen molar-refractivity contribution in [3.05, 3.63) is 47.6 Å². The zero-order valence-electron chi connectivity index (χ0n) is 11.2. The van der Waals surface area contributed by atoms with Gasteiger partial charge in [-0.15, -0.1) is 0 Å². The molecule has 0 fully saturated rings. The normalized spacial score (nSPS) is 15.9. The molecule has 1 rings (SSSR count). The van der Waals surface area contributed by atoms with Crippen molar-refractivity contribution in [2.75, 3.05) is 0 Å². The fraction of sp³-hybridized carbons (Fsp3) is 0.375. The van der Waals surface area contributed by atoms with Gasteiger partial charge in [0.05, 0.1) is 0 Å². The second-order valence-corrected chi connectivity index (χ2v) is 4.59. The van der Waals surface area contributed by atoms with Crippen LogP contribution in [0.2, 0.25) is 0 Å². The van der Waals surface area contributed by atoms with Gasteiger partial charge >= 0.3 is 0 Å². The molecule has 0 unspecified atom stereocenters. The number of allylic oxidation sites excluding steroid dienone is 7. The standard InChI is InChI=1S/C16H20O2/c1-4-5-6-7-13-14(9-8-12(2)3)16(18)11-10-15(13)17/h8-11H,2,4-7H2,1,3H3. The van der Waals surface area contributed by atoms with E-state index in [9.17, 15) is 9.59 Å². The van der Waals surface area contributed by atoms with Gasteiger partial charge in [0.15, 0.2) is 11.6 Å². The van der Waals surface area contributed by atoms with Gasteiger partial charge < -0.3 is 0 Å². The van der Waals surface area contributed by atoms with Crippen molar-refractivity contribution in [2.45, 2.75) is 39.5 Å². The van der Waals surface area contributed by atoms with E-state index in [1.165, 1.54) is 12.2 Å². The van der Waals surface area contributed by atoms with Crippen LogP contribution < -0.4 is 0 Å². The van der Waals surface area contributed by atoms with E-state index in [2.05, 4.69) is 13.5 Å². The van der Waals surface area contributed by atoms with E-state index in [-0.39, 0.29) is 11.6 Å². The number of unbranched alkanes of at least 4 members (excludes halogenated alkanes) is 2. The first-order valence-electron chi connectivity index (χ1n) is 6.39. The average Bonchev–Trinajstić information content (AvgIpc) is 2.32. The third kappa shape index (κ3) is 3.95. The Kier molecular flexibility index (Phi) is 5.50. The number of rotatable bonds is 6. The number of ketones is 2. The highest BCUT2D eigenvalue weighted by Crippen LogP contribution is 2.21. The summed E-state index contributed by atoms with van der Waals surface area (Å²) >= 11 is 0. The van der Waals surface area contributed by atoms with Crippen LogP contribution in [-0.4, -0.2) is 11.6 Å². The second-order valence-electron chi connectivity index (χ2n) is 4.59. The topological polar surface area (TPSA) is 34.1 Å². The quantitative estimate of drug-likeness (QED) is 0.405. The highest BCUT2D eigenvalue weighted by atomic mass is 16.1. The molecule has 96 valence electrons. The van der Waals surface area contributed by atoms with Gasteiger partial charge in [0, 0.05) is 11.1 Å². The van der Waals surface area contributed by atoms with Gasteiger partial charge in [-0.1, -0.05) is 44.1 Å². The van der Waals surface area contributed by atoms with Gasteiger partial charge in [-0.2, -0.15) is 0 Å². The van der Waals surface area contributed by atoms with Crippen molar-refractivity contribution >= 4 is 11.6 Å². The lowest BCUT2D eigenvalue weighted by Crippen LogP contribution is -2.13. The Balaban J connectivity index is 2.97. The molecular weight excluding hydrogens is 224 g/mol. The Labute approximate surface area is 109 Å². The molecule has 0 aromatic rings. The van der Waals surface area contributed by atoms with Crippen LogP contribution in [0.5, 0.6) is 0 Å². The third-order valence-corrected chi connectivity index (χ3v) is 2.84. The van der Waals surface area contributed by atoms with Crippen LogP contribution >= 0.6 is 0 Å². The summed E-state index contributed by atoms with van der Waals surface area (Å²) in [5.41, 5.74) is 2.04. The first kappa shape index (κ1) is 14.4. The van der Waals surface area contributed by atoms with Gasteiger partial charge in [-0.25, -0.2) is 0 Å². The SMILES string of the molecule is C=C(C)C=CC1=C(CCCCC)C(=O)C=CC1=O. The number of carbonyl (C=O) groups is 2. The molecule has 0 bridgehead atoms. The van der Waals surface area contributed by atoms with Crippen LogP contribution in [0.25, 0.3) is 0 Å². The average molecular weight is 244 g/mol. The first-order valence-corrected chi connectivity index (χ1v) is 6.39. The smallest absolute Gasteiger partial charge is 0.186 e. The highest BCUT2D eigenvalue weighted by Gasteiger charge is 2.19. The zero-order valence-corrected chi connectivity index (χ0v) is 11.2. The van der Waals surface area contributed by atoms with Gasteiger partial charge in [-0.3, -0.25) is 9.59 Å². The molecule has 0 saturated carbocycles. The lowest BCUT2D eigenvalue weighted by molar-refractivity contribution is -0.115. The van der Waals surface area contributed by atoms with Crippen molar-refractivity contribution in [2.24, 2.45) is 0 Å². The molecule has 0 amide bonds. The van der Waals surface area contributed by atoms with Crippen LogP contribution in [0.1, 0.15) is 39.5 Å². The Morgan fingerprint density at radius 1 is 1.22 bits per heavy atom. The molecule has 1 aliphatic rings. The van der Waals surface area contributed by atoms with Crippen LogP contribution in [0.4, 0.5) is 0 Å². The Morgan fingerprint density at radius 3 is 2.50 bits per heavy atom. The molecule has 0 aliphatic heterocycles. The molecule has 0 heterocycles. The van der Waals surface area contributed by atoms with Crippen molar-refractivity contribution in [3.8, 4) is 0 Å². The van der Waals surface area contributed by atoms with Gasteiger partial charge in [0.2, 0.25) is 0 Å². The number of carbonyl (C=O) groups excluding carboxylic acids is 2. The maximum Gasteiger partial charge on any atom is 0.186 e. The largest absolute Gasteiger partial charge is 0.290 e. The fourth-order valence-corrected chi connectivity index (χ4v) is 1.84. The molecule has 0 spiro atoms. The number of hydrogen-bond donors (Lipinski definition) is 0. The van der Waals surface area contributed by atoms with E-state index in [0.29, 0.717) is 17.6 Å². The van der Waals surface area contributed by atoms with Crippen molar-refractivity contribution in [3.63, 3.8) is 0 Å². The summed E-state index contributed by atoms with van der Waals surface area (Å²) in [4.78, 5) is 23.7. The zero-order chi connectivity index (χ0) is 13.5. The molecule has 0 atom stereocenters. The van der Waals surface area contributed by atoms with Crippen molar-refractivity contribution in [1.29, 1.82) is 0 Å². The monoisotopic (exact) mass is 244 g/mol. The van der Waals surface area contributed by atoms with Crippen LogP contribution in [0.3, 0.4) is 0 Å². The van der Waals surface area contributed by atoms with E-state index in [0.717, 1.165) is 24.8 Å². The fourth-order valence-electron chi connectivity index (χ4n) is 1.84. The predicted octanol–water partition coefficient (Wildman–Crippen LogP) is 3.70. The van der Waals surface area contributed by atoms with E-state index >= 15 is 0 Å². The second kappa shape index (κ2) is 6.90. The first-order chi connectivity index (χ1) is 8.56. The molecule has 2 heteroatoms. The Morgan fingerprint density at radius 2 is 1.89 bits per heavy atom. The van der Waals surface area contributed by atoms with E-state index in [4.69, 9.17) is 0 Å². The minimum atomic E-state index is -0.0846. The maximum atomic E-state index is 11.8. The molecule has 0 aromatic carbocycles. The summed E-state index contributed by atoms with van der Waals surface area (Å²) in [6.45, 7) is 7.74. The minimum absolute atomic E-state index is 0.0351. The molecule has 0 aromatic heterocycles. The van der Waals surface area contributed by atoms with Crippen molar-refractivity contribution in [1.82, 2.24) is 0 Å². The lowest BCUT2D eigenvalue weighted by atomic mass is 9.90. The van der Waals surface area contributed by atoms with E-state index in [1.54, 1.807) is 12.2 Å². The summed E-state index contributed by atoms with van der Waals surface area (Å²) in [6.07, 6.45) is 10.0. The summed E-state index contributed by atoms with van der Waals surface area (Å²) in [6, 6.07) is 0. The van der Waals surface area contributed by atoms with E-state index in [1.807, 2.05) is 6.92 Å². The van der Waals surface area contributed by atoms with Gasteiger partial charge in [-0.05, 0) is 31.9 Å². The third-order valence-electron chi connectivity index (χ3n) is 2.84. The summed E-state index contributed by atoms with van der Waals surface area (Å²) in [5.74, 6) is -0.120. The summed E-state index contributed by atoms with van der Waals surface area (Å²) < 4.78 is 0. The molecule has 0 radical (unpaired) electrons. The Hall–Kier alpha value is -1.70. The molecule has 18 heavy (non-hydrogen) atoms. The Bertz CT molecular complexity index is 448. The van der Waals surface area contributed by atoms with E-state index < -0.39 is 0 Å². The summed E-state index contributed by atoms with van der Waals surface area (Å²) in [5, 5.41) is 0. The van der Waals surface area contributed by atoms with Crippen LogP contribution in [-0.2, 0) is 9.59 Å². The highest BCUT2D eigenvalue weighted by molar-refractivity contribution is 6.21. The van der Waals surface area contributed by atoms with Gasteiger partial charge in [0.25, 0.3) is 0 Å². The van der Waals surface area contributed by atoms with Crippen LogP contribution in [0, 0.1) is 0 Å². The minimum Gasteiger partial charge on any atom is -0.290 e. The molecule has 0 saturated heterocycles. The predicted molar refractivity (Wildman–Crippen MR) is 74.3 cm³/mol. The van der Waals surface area contributed by atoms with Gasteiger partial charge in [0.1, 0.15) is 0 Å². The number of hydrogen-bond acceptors (Lipinski definition) is 2. The lowest BCUT2D eigenvalue weighted by Gasteiger charge is -2.12. The summed E-state index contributed by atoms with van der Waals surface area (Å²) in [7, 11) is 0. The maximum absolute atomic E-state index is 11.8. The van der Waals surface area contributed by atoms with Crippen LogP contribution in [0.15, 0.2) is 47.6 Å².